The maximum atomic E-state index is 15.0. The smallest absolute Gasteiger partial charge is 0.125 e. The van der Waals surface area contributed by atoms with Crippen molar-refractivity contribution in [2.75, 3.05) is 0 Å². The van der Waals surface area contributed by atoms with Crippen molar-refractivity contribution in [3.63, 3.8) is 0 Å². The van der Waals surface area contributed by atoms with Crippen LogP contribution in [-0.2, 0) is 0 Å². The van der Waals surface area contributed by atoms with Gasteiger partial charge >= 0.3 is 0 Å². The zero-order chi connectivity index (χ0) is 23.6. The van der Waals surface area contributed by atoms with Gasteiger partial charge < -0.3 is 5.73 Å². The SMILES string of the molecule is C=C1C=CC2CC=C(/C(=C/N)CC(=C)CCC3(CC)CC3)CC(C3=CCC(F)C=C3F)C2=C1. The Hall–Kier alpha value is -2.42. The summed E-state index contributed by atoms with van der Waals surface area (Å²) in [6.07, 6.45) is 20.5. The lowest BCUT2D eigenvalue weighted by Crippen LogP contribution is -2.18. The molecule has 4 aliphatic rings. The zero-order valence-corrected chi connectivity index (χ0v) is 19.9. The van der Waals surface area contributed by atoms with E-state index in [2.05, 4.69) is 38.3 Å². The monoisotopic (exact) mass is 449 g/mol. The van der Waals surface area contributed by atoms with Gasteiger partial charge in [0.25, 0.3) is 0 Å². The first kappa shape index (κ1) is 23.7. The zero-order valence-electron chi connectivity index (χ0n) is 19.9. The molecular formula is C30H37F2N. The predicted octanol–water partition coefficient (Wildman–Crippen LogP) is 8.27. The third-order valence-electron chi connectivity index (χ3n) is 8.08. The van der Waals surface area contributed by atoms with Gasteiger partial charge in [-0.1, -0.05) is 68.0 Å². The van der Waals surface area contributed by atoms with Gasteiger partial charge in [0.1, 0.15) is 12.0 Å². The molecular weight excluding hydrogens is 412 g/mol. The molecule has 0 radical (unpaired) electrons. The average molecular weight is 450 g/mol. The van der Waals surface area contributed by atoms with Crippen LogP contribution in [0.1, 0.15) is 64.7 Å². The molecule has 0 aromatic carbocycles. The molecule has 1 fully saturated rings. The summed E-state index contributed by atoms with van der Waals surface area (Å²) in [5.74, 6) is -0.389. The highest BCUT2D eigenvalue weighted by Crippen LogP contribution is 2.53. The summed E-state index contributed by atoms with van der Waals surface area (Å²) in [5, 5.41) is 0. The highest BCUT2D eigenvalue weighted by molar-refractivity contribution is 5.49. The molecule has 0 spiro atoms. The Morgan fingerprint density at radius 2 is 2.06 bits per heavy atom. The van der Waals surface area contributed by atoms with Crippen molar-refractivity contribution in [3.8, 4) is 0 Å². The molecule has 0 saturated heterocycles. The summed E-state index contributed by atoms with van der Waals surface area (Å²) in [7, 11) is 0. The Bertz CT molecular complexity index is 996. The second-order valence-corrected chi connectivity index (χ2v) is 10.3. The van der Waals surface area contributed by atoms with E-state index in [1.807, 2.05) is 6.08 Å². The van der Waals surface area contributed by atoms with Crippen LogP contribution in [0.5, 0.6) is 0 Å². The van der Waals surface area contributed by atoms with Gasteiger partial charge in [0.15, 0.2) is 0 Å². The Morgan fingerprint density at radius 1 is 1.27 bits per heavy atom. The molecule has 4 rings (SSSR count). The van der Waals surface area contributed by atoms with Crippen LogP contribution in [0.4, 0.5) is 8.78 Å². The topological polar surface area (TPSA) is 26.0 Å². The van der Waals surface area contributed by atoms with Crippen LogP contribution in [0.15, 0.2) is 95.1 Å². The number of rotatable bonds is 8. The maximum Gasteiger partial charge on any atom is 0.125 e. The van der Waals surface area contributed by atoms with Crippen LogP contribution in [0.3, 0.4) is 0 Å². The third-order valence-corrected chi connectivity index (χ3v) is 8.08. The lowest BCUT2D eigenvalue weighted by atomic mass is 9.75. The number of hydrogen-bond acceptors (Lipinski definition) is 1. The molecule has 3 atom stereocenters. The number of hydrogen-bond donors (Lipinski definition) is 1. The summed E-state index contributed by atoms with van der Waals surface area (Å²) < 4.78 is 28.7. The van der Waals surface area contributed by atoms with E-state index in [4.69, 9.17) is 5.73 Å². The number of alkyl halides is 1. The molecule has 1 nitrogen and oxygen atoms in total. The molecule has 33 heavy (non-hydrogen) atoms. The van der Waals surface area contributed by atoms with E-state index in [1.54, 1.807) is 12.3 Å². The molecule has 0 aliphatic heterocycles. The largest absolute Gasteiger partial charge is 0.404 e. The first-order chi connectivity index (χ1) is 15.8. The van der Waals surface area contributed by atoms with E-state index in [-0.39, 0.29) is 18.3 Å². The Kier molecular flexibility index (Phi) is 7.07. The normalized spacial score (nSPS) is 28.8. The minimum absolute atomic E-state index is 0.146. The number of fused-ring (bicyclic) bond motifs is 1. The summed E-state index contributed by atoms with van der Waals surface area (Å²) in [4.78, 5) is 0. The van der Waals surface area contributed by atoms with Crippen molar-refractivity contribution < 1.29 is 8.78 Å². The van der Waals surface area contributed by atoms with Crippen LogP contribution in [0.25, 0.3) is 0 Å². The van der Waals surface area contributed by atoms with Crippen molar-refractivity contribution in [1.82, 2.24) is 0 Å². The molecule has 4 aliphatic carbocycles. The molecule has 0 aromatic rings. The van der Waals surface area contributed by atoms with Gasteiger partial charge in [-0.15, -0.1) is 0 Å². The fourth-order valence-electron chi connectivity index (χ4n) is 5.54. The van der Waals surface area contributed by atoms with Crippen LogP contribution in [0, 0.1) is 17.3 Å². The van der Waals surface area contributed by atoms with E-state index in [9.17, 15) is 8.78 Å². The average Bonchev–Trinajstić information content (AvgIpc) is 3.60. The molecule has 0 amide bonds. The fraction of sp³-hybridized carbons (Fsp3) is 0.467. The van der Waals surface area contributed by atoms with Gasteiger partial charge in [-0.25, -0.2) is 8.78 Å². The van der Waals surface area contributed by atoms with Crippen molar-refractivity contribution in [2.24, 2.45) is 23.0 Å². The number of allylic oxidation sites excluding steroid dienone is 13. The lowest BCUT2D eigenvalue weighted by molar-refractivity contribution is 0.386. The van der Waals surface area contributed by atoms with Crippen molar-refractivity contribution in [2.45, 2.75) is 70.9 Å². The van der Waals surface area contributed by atoms with Gasteiger partial charge in [-0.2, -0.15) is 0 Å². The minimum Gasteiger partial charge on any atom is -0.404 e. The summed E-state index contributed by atoms with van der Waals surface area (Å²) in [5.41, 5.74) is 12.8. The van der Waals surface area contributed by atoms with Crippen LogP contribution >= 0.6 is 0 Å². The first-order valence-electron chi connectivity index (χ1n) is 12.4. The van der Waals surface area contributed by atoms with Crippen molar-refractivity contribution in [3.05, 3.63) is 95.1 Å². The minimum atomic E-state index is -1.25. The third kappa shape index (κ3) is 5.39. The second-order valence-electron chi connectivity index (χ2n) is 10.3. The first-order valence-corrected chi connectivity index (χ1v) is 12.4. The molecule has 0 heterocycles. The van der Waals surface area contributed by atoms with E-state index in [0.717, 1.165) is 47.6 Å². The number of nitrogens with two attached hydrogens (primary N) is 1. The molecule has 1 saturated carbocycles. The second kappa shape index (κ2) is 9.83. The number of halogens is 2. The summed E-state index contributed by atoms with van der Waals surface area (Å²) in [6.45, 7) is 10.7. The van der Waals surface area contributed by atoms with Gasteiger partial charge in [-0.05, 0) is 84.9 Å². The molecule has 0 bridgehead atoms. The lowest BCUT2D eigenvalue weighted by Gasteiger charge is -2.29. The Balaban J connectivity index is 1.55. The quantitative estimate of drug-likeness (QED) is 0.371. The highest BCUT2D eigenvalue weighted by Gasteiger charge is 2.39. The molecule has 2 N–H and O–H groups in total. The van der Waals surface area contributed by atoms with Crippen LogP contribution in [-0.4, -0.2) is 6.17 Å². The molecule has 3 heteroatoms. The summed E-state index contributed by atoms with van der Waals surface area (Å²) >= 11 is 0. The van der Waals surface area contributed by atoms with E-state index >= 15 is 0 Å². The highest BCUT2D eigenvalue weighted by atomic mass is 19.1. The van der Waals surface area contributed by atoms with Crippen molar-refractivity contribution >= 4 is 0 Å². The van der Waals surface area contributed by atoms with Gasteiger partial charge in [0.2, 0.25) is 0 Å². The molecule has 3 unspecified atom stereocenters. The van der Waals surface area contributed by atoms with Gasteiger partial charge in [0.05, 0.1) is 0 Å². The van der Waals surface area contributed by atoms with Crippen LogP contribution in [0.2, 0.25) is 0 Å². The Morgan fingerprint density at radius 3 is 2.73 bits per heavy atom. The fourth-order valence-corrected chi connectivity index (χ4v) is 5.54. The van der Waals surface area contributed by atoms with Gasteiger partial charge in [0, 0.05) is 18.3 Å². The van der Waals surface area contributed by atoms with E-state index in [0.29, 0.717) is 17.4 Å². The van der Waals surface area contributed by atoms with E-state index in [1.165, 1.54) is 31.3 Å². The maximum absolute atomic E-state index is 15.0. The molecule has 0 aromatic heterocycles. The standard InChI is InChI=1S/C30H37F2N/c1-4-30(13-14-30)12-11-21(3)15-24(19-33)23-8-7-22-6-5-20(2)16-27(22)28(17-23)26-10-9-25(31)18-29(26)32/h5-6,8,10,16,18-19,22,25,28H,2-4,7,9,11-15,17,33H2,1H3/b24-19+. The predicted molar refractivity (Wildman–Crippen MR) is 135 cm³/mol. The van der Waals surface area contributed by atoms with Crippen molar-refractivity contribution in [1.29, 1.82) is 0 Å². The molecule has 176 valence electrons. The summed E-state index contributed by atoms with van der Waals surface area (Å²) in [6, 6.07) is 0. The van der Waals surface area contributed by atoms with Crippen LogP contribution < -0.4 is 5.73 Å². The Labute approximate surface area is 197 Å². The van der Waals surface area contributed by atoms with Gasteiger partial charge in [-0.3, -0.25) is 0 Å². The van der Waals surface area contributed by atoms with E-state index < -0.39 is 12.0 Å².